The Morgan fingerprint density at radius 2 is 1.96 bits per heavy atom. The second-order valence-corrected chi connectivity index (χ2v) is 7.59. The Hall–Kier alpha value is -3.58. The summed E-state index contributed by atoms with van der Waals surface area (Å²) in [7, 11) is 0. The van der Waals surface area contributed by atoms with Crippen molar-refractivity contribution in [1.29, 1.82) is 0 Å². The summed E-state index contributed by atoms with van der Waals surface area (Å²) >= 11 is 1.60. The van der Waals surface area contributed by atoms with Gasteiger partial charge in [-0.2, -0.15) is 5.10 Å². The van der Waals surface area contributed by atoms with Crippen LogP contribution in [0.2, 0.25) is 0 Å². The van der Waals surface area contributed by atoms with Crippen molar-refractivity contribution in [1.82, 2.24) is 19.6 Å². The number of aryl methyl sites for hydroxylation is 1. The number of nitrogens with one attached hydrogen (secondary N) is 1. The molecule has 6 nitrogen and oxygen atoms in total. The van der Waals surface area contributed by atoms with Crippen LogP contribution in [0.1, 0.15) is 15.4 Å². The first-order valence-electron chi connectivity index (χ1n) is 8.76. The Morgan fingerprint density at radius 3 is 2.82 bits per heavy atom. The lowest BCUT2D eigenvalue weighted by atomic mass is 10.1. The van der Waals surface area contributed by atoms with Crippen molar-refractivity contribution in [2.24, 2.45) is 0 Å². The summed E-state index contributed by atoms with van der Waals surface area (Å²) < 4.78 is 2.74. The number of amides is 1. The van der Waals surface area contributed by atoms with E-state index in [0.29, 0.717) is 11.2 Å². The molecule has 7 heteroatoms. The van der Waals surface area contributed by atoms with Gasteiger partial charge in [0.25, 0.3) is 5.91 Å². The van der Waals surface area contributed by atoms with Crippen molar-refractivity contribution >= 4 is 38.8 Å². The lowest BCUT2D eigenvalue weighted by molar-refractivity contribution is 0.102. The monoisotopic (exact) mass is 385 g/mol. The third-order valence-corrected chi connectivity index (χ3v) is 5.40. The molecular formula is C21H15N5OS. The Morgan fingerprint density at radius 1 is 1.11 bits per heavy atom. The highest BCUT2D eigenvalue weighted by Crippen LogP contribution is 2.26. The van der Waals surface area contributed by atoms with E-state index in [2.05, 4.69) is 20.4 Å². The number of nitrogens with zero attached hydrogens (tertiary/aromatic N) is 4. The molecule has 0 bridgehead atoms. The molecule has 0 aliphatic rings. The minimum Gasteiger partial charge on any atom is -0.322 e. The molecule has 1 amide bonds. The minimum absolute atomic E-state index is 0.242. The Bertz CT molecular complexity index is 1320. The highest BCUT2D eigenvalue weighted by molar-refractivity contribution is 7.18. The van der Waals surface area contributed by atoms with E-state index in [-0.39, 0.29) is 5.91 Å². The molecule has 0 atom stereocenters. The average molecular weight is 385 g/mol. The summed E-state index contributed by atoms with van der Waals surface area (Å²) in [6.07, 6.45) is 3.25. The average Bonchev–Trinajstić information content (AvgIpc) is 3.30. The first-order chi connectivity index (χ1) is 13.7. The van der Waals surface area contributed by atoms with Crippen LogP contribution in [-0.2, 0) is 0 Å². The van der Waals surface area contributed by atoms with Gasteiger partial charge in [-0.25, -0.2) is 14.5 Å². The van der Waals surface area contributed by atoms with Gasteiger partial charge in [0.2, 0.25) is 0 Å². The minimum atomic E-state index is -0.242. The van der Waals surface area contributed by atoms with Crippen LogP contribution in [0.15, 0.2) is 67.0 Å². The van der Waals surface area contributed by atoms with Gasteiger partial charge in [-0.15, -0.1) is 11.3 Å². The molecule has 0 spiro atoms. The number of thiazole rings is 1. The topological polar surface area (TPSA) is 72.2 Å². The zero-order valence-electron chi connectivity index (χ0n) is 15.0. The summed E-state index contributed by atoms with van der Waals surface area (Å²) in [5, 5.41) is 8.34. The summed E-state index contributed by atoms with van der Waals surface area (Å²) in [4.78, 5) is 21.7. The van der Waals surface area contributed by atoms with Crippen LogP contribution in [0.25, 0.3) is 27.1 Å². The SMILES string of the molecule is Cc1nc2ccc(NC(=O)c3cnn4c(-c5ccccc5)ccnc34)cc2s1. The van der Waals surface area contributed by atoms with E-state index in [1.54, 1.807) is 28.2 Å². The number of carbonyl (C=O) groups excluding carboxylic acids is 1. The maximum Gasteiger partial charge on any atom is 0.261 e. The number of hydrogen-bond acceptors (Lipinski definition) is 5. The number of rotatable bonds is 3. The van der Waals surface area contributed by atoms with Crippen molar-refractivity contribution in [3.8, 4) is 11.3 Å². The van der Waals surface area contributed by atoms with Crippen LogP contribution < -0.4 is 5.32 Å². The fourth-order valence-electron chi connectivity index (χ4n) is 3.20. The maximum atomic E-state index is 12.9. The van der Waals surface area contributed by atoms with Gasteiger partial charge >= 0.3 is 0 Å². The van der Waals surface area contributed by atoms with Gasteiger partial charge in [0.05, 0.1) is 27.1 Å². The summed E-state index contributed by atoms with van der Waals surface area (Å²) in [6.45, 7) is 1.97. The first kappa shape index (κ1) is 16.6. The van der Waals surface area contributed by atoms with Crippen LogP contribution in [0, 0.1) is 6.92 Å². The predicted octanol–water partition coefficient (Wildman–Crippen LogP) is 4.57. The third kappa shape index (κ3) is 2.82. The predicted molar refractivity (Wildman–Crippen MR) is 111 cm³/mol. The summed E-state index contributed by atoms with van der Waals surface area (Å²) in [6, 6.07) is 17.5. The van der Waals surface area contributed by atoms with E-state index in [9.17, 15) is 4.79 Å². The molecule has 3 aromatic heterocycles. The molecule has 28 heavy (non-hydrogen) atoms. The second kappa shape index (κ2) is 6.54. The Kier molecular flexibility index (Phi) is 3.87. The van der Waals surface area contributed by atoms with Crippen molar-refractivity contribution in [2.45, 2.75) is 6.92 Å². The second-order valence-electron chi connectivity index (χ2n) is 6.36. The molecule has 136 valence electrons. The molecular weight excluding hydrogens is 370 g/mol. The van der Waals surface area contributed by atoms with Crippen LogP contribution in [-0.4, -0.2) is 25.5 Å². The zero-order chi connectivity index (χ0) is 19.1. The first-order valence-corrected chi connectivity index (χ1v) is 9.57. The number of hydrogen-bond donors (Lipinski definition) is 1. The van der Waals surface area contributed by atoms with Crippen LogP contribution >= 0.6 is 11.3 Å². The van der Waals surface area contributed by atoms with Gasteiger partial charge < -0.3 is 5.32 Å². The molecule has 0 saturated heterocycles. The number of aromatic nitrogens is 4. The molecule has 5 rings (SSSR count). The van der Waals surface area contributed by atoms with E-state index in [1.807, 2.05) is 61.5 Å². The van der Waals surface area contributed by atoms with Crippen molar-refractivity contribution in [3.05, 3.63) is 77.6 Å². The maximum absolute atomic E-state index is 12.9. The molecule has 3 heterocycles. The van der Waals surface area contributed by atoms with Gasteiger partial charge in [0, 0.05) is 17.4 Å². The van der Waals surface area contributed by atoms with Crippen LogP contribution in [0.4, 0.5) is 5.69 Å². The lowest BCUT2D eigenvalue weighted by Crippen LogP contribution is -2.12. The Labute approximate surface area is 164 Å². The highest BCUT2D eigenvalue weighted by Gasteiger charge is 2.16. The van der Waals surface area contributed by atoms with Gasteiger partial charge in [-0.1, -0.05) is 30.3 Å². The molecule has 0 aliphatic carbocycles. The lowest BCUT2D eigenvalue weighted by Gasteiger charge is -2.06. The third-order valence-electron chi connectivity index (χ3n) is 4.47. The molecule has 0 radical (unpaired) electrons. The fraction of sp³-hybridized carbons (Fsp3) is 0.0476. The van der Waals surface area contributed by atoms with Gasteiger partial charge in [0.15, 0.2) is 5.65 Å². The highest BCUT2D eigenvalue weighted by atomic mass is 32.1. The van der Waals surface area contributed by atoms with Gasteiger partial charge in [-0.3, -0.25) is 4.79 Å². The van der Waals surface area contributed by atoms with E-state index in [4.69, 9.17) is 0 Å². The van der Waals surface area contributed by atoms with E-state index in [1.165, 1.54) is 0 Å². The van der Waals surface area contributed by atoms with Crippen molar-refractivity contribution < 1.29 is 4.79 Å². The molecule has 0 fully saturated rings. The van der Waals surface area contributed by atoms with Crippen LogP contribution in [0.5, 0.6) is 0 Å². The van der Waals surface area contributed by atoms with Crippen molar-refractivity contribution in [2.75, 3.05) is 5.32 Å². The van der Waals surface area contributed by atoms with Crippen LogP contribution in [0.3, 0.4) is 0 Å². The molecule has 0 saturated carbocycles. The molecule has 0 aliphatic heterocycles. The van der Waals surface area contributed by atoms with E-state index >= 15 is 0 Å². The molecule has 1 N–H and O–H groups in total. The summed E-state index contributed by atoms with van der Waals surface area (Å²) in [5.41, 5.74) is 4.50. The van der Waals surface area contributed by atoms with E-state index in [0.717, 1.165) is 32.2 Å². The van der Waals surface area contributed by atoms with Crippen molar-refractivity contribution in [3.63, 3.8) is 0 Å². The number of anilines is 1. The number of benzene rings is 2. The van der Waals surface area contributed by atoms with E-state index < -0.39 is 0 Å². The quantitative estimate of drug-likeness (QED) is 0.494. The molecule has 2 aromatic carbocycles. The Balaban J connectivity index is 1.51. The molecule has 0 unspecified atom stereocenters. The largest absolute Gasteiger partial charge is 0.322 e. The van der Waals surface area contributed by atoms with Gasteiger partial charge in [-0.05, 0) is 31.2 Å². The smallest absolute Gasteiger partial charge is 0.261 e. The number of fused-ring (bicyclic) bond motifs is 2. The van der Waals surface area contributed by atoms with Gasteiger partial charge in [0.1, 0.15) is 5.56 Å². The summed E-state index contributed by atoms with van der Waals surface area (Å²) in [5.74, 6) is -0.242. The number of carbonyl (C=O) groups is 1. The molecule has 5 aromatic rings. The standard InChI is InChI=1S/C21H15N5OS/c1-13-24-17-8-7-15(11-19(17)28-13)25-21(27)16-12-23-26-18(9-10-22-20(16)26)14-5-3-2-4-6-14/h2-12H,1H3,(H,25,27). The fourth-order valence-corrected chi connectivity index (χ4v) is 4.06. The zero-order valence-corrected chi connectivity index (χ0v) is 15.8. The normalized spacial score (nSPS) is 11.2.